The lowest BCUT2D eigenvalue weighted by Crippen LogP contribution is -2.59. The van der Waals surface area contributed by atoms with Crippen molar-refractivity contribution in [1.29, 1.82) is 0 Å². The van der Waals surface area contributed by atoms with Gasteiger partial charge in [0.25, 0.3) is 0 Å². The fourth-order valence-corrected chi connectivity index (χ4v) is 3.36. The molecule has 0 radical (unpaired) electrons. The summed E-state index contributed by atoms with van der Waals surface area (Å²) in [5, 5.41) is 2.08. The van der Waals surface area contributed by atoms with Crippen molar-refractivity contribution in [3.63, 3.8) is 0 Å². The first-order chi connectivity index (χ1) is 8.81. The topological polar surface area (TPSA) is 110 Å². The Balaban J connectivity index is 2.87. The van der Waals surface area contributed by atoms with E-state index in [1.54, 1.807) is 6.92 Å². The zero-order valence-electron chi connectivity index (χ0n) is 10.7. The predicted octanol–water partition coefficient (Wildman–Crippen LogP) is -1.38. The molecule has 0 bridgehead atoms. The molecular weight excluding hydrogens is 276 g/mol. The Bertz CT molecular complexity index is 486. The number of sulfonamides is 1. The largest absolute Gasteiger partial charge is 0.469 e. The number of carbonyl (C=O) groups is 3. The minimum atomic E-state index is -3.86. The van der Waals surface area contributed by atoms with Crippen LogP contribution in [0.4, 0.5) is 0 Å². The zero-order chi connectivity index (χ0) is 14.6. The van der Waals surface area contributed by atoms with Gasteiger partial charge in [-0.2, -0.15) is 4.31 Å². The Morgan fingerprint density at radius 3 is 2.63 bits per heavy atom. The van der Waals surface area contributed by atoms with E-state index in [9.17, 15) is 22.8 Å². The van der Waals surface area contributed by atoms with Crippen LogP contribution in [-0.4, -0.2) is 56.0 Å². The van der Waals surface area contributed by atoms with E-state index in [4.69, 9.17) is 0 Å². The van der Waals surface area contributed by atoms with Crippen LogP contribution < -0.4 is 5.32 Å². The van der Waals surface area contributed by atoms with Crippen LogP contribution in [0.1, 0.15) is 19.8 Å². The number of amides is 2. The molecule has 1 aliphatic heterocycles. The van der Waals surface area contributed by atoms with Gasteiger partial charge in [-0.05, 0) is 6.42 Å². The summed E-state index contributed by atoms with van der Waals surface area (Å²) in [4.78, 5) is 33.8. The first-order valence-corrected chi connectivity index (χ1v) is 7.32. The van der Waals surface area contributed by atoms with Gasteiger partial charge in [-0.15, -0.1) is 0 Å². The lowest BCUT2D eigenvalue weighted by atomic mass is 10.2. The van der Waals surface area contributed by atoms with Crippen molar-refractivity contribution >= 4 is 27.8 Å². The molecule has 1 rings (SSSR count). The highest BCUT2D eigenvalue weighted by Gasteiger charge is 2.39. The molecule has 1 heterocycles. The summed E-state index contributed by atoms with van der Waals surface area (Å²) in [6.45, 7) is 1.23. The Labute approximate surface area is 111 Å². The van der Waals surface area contributed by atoms with E-state index in [1.807, 2.05) is 0 Å². The zero-order valence-corrected chi connectivity index (χ0v) is 11.5. The van der Waals surface area contributed by atoms with E-state index in [1.165, 1.54) is 0 Å². The molecule has 1 atom stereocenters. The standard InChI is InChI=1S/C10H16N2O6S/c1-3-7-10(15)11-8(13)6-12(7)19(16,17)5-4-9(14)18-2/h7H,3-6H2,1-2H3,(H,11,13,15). The highest BCUT2D eigenvalue weighted by atomic mass is 32.2. The maximum absolute atomic E-state index is 12.1. The quantitative estimate of drug-likeness (QED) is 0.494. The van der Waals surface area contributed by atoms with Gasteiger partial charge in [0.05, 0.1) is 25.8 Å². The van der Waals surface area contributed by atoms with E-state index in [0.29, 0.717) is 0 Å². The third kappa shape index (κ3) is 3.74. The summed E-state index contributed by atoms with van der Waals surface area (Å²) in [6.07, 6.45) is -0.0713. The molecular formula is C10H16N2O6S. The molecule has 0 spiro atoms. The van der Waals surface area contributed by atoms with Gasteiger partial charge in [-0.25, -0.2) is 8.42 Å². The second kappa shape index (κ2) is 6.11. The van der Waals surface area contributed by atoms with Crippen LogP contribution in [0, 0.1) is 0 Å². The first-order valence-electron chi connectivity index (χ1n) is 5.71. The molecule has 0 aromatic carbocycles. The number of piperazine rings is 1. The number of rotatable bonds is 5. The number of nitrogens with zero attached hydrogens (tertiary/aromatic N) is 1. The van der Waals surface area contributed by atoms with Gasteiger partial charge in [0.1, 0.15) is 6.04 Å². The molecule has 8 nitrogen and oxygen atoms in total. The van der Waals surface area contributed by atoms with E-state index in [2.05, 4.69) is 10.1 Å². The average molecular weight is 292 g/mol. The van der Waals surface area contributed by atoms with Crippen molar-refractivity contribution in [1.82, 2.24) is 9.62 Å². The SMILES string of the molecule is CCC1C(=O)NC(=O)CN1S(=O)(=O)CCC(=O)OC. The summed E-state index contributed by atoms with van der Waals surface area (Å²) in [7, 11) is -2.71. The van der Waals surface area contributed by atoms with Gasteiger partial charge in [-0.3, -0.25) is 19.7 Å². The summed E-state index contributed by atoms with van der Waals surface area (Å²) >= 11 is 0. The Kier molecular flexibility index (Phi) is 5.01. The molecule has 1 unspecified atom stereocenters. The smallest absolute Gasteiger partial charge is 0.306 e. The van der Waals surface area contributed by atoms with Gasteiger partial charge in [0.2, 0.25) is 21.8 Å². The van der Waals surface area contributed by atoms with E-state index >= 15 is 0 Å². The number of methoxy groups -OCH3 is 1. The maximum atomic E-state index is 12.1. The number of ether oxygens (including phenoxy) is 1. The third-order valence-corrected chi connectivity index (χ3v) is 4.57. The summed E-state index contributed by atoms with van der Waals surface area (Å²) < 4.78 is 29.3. The molecule has 108 valence electrons. The van der Waals surface area contributed by atoms with Crippen LogP contribution in [0.2, 0.25) is 0 Å². The Morgan fingerprint density at radius 2 is 2.11 bits per heavy atom. The fraction of sp³-hybridized carbons (Fsp3) is 0.700. The van der Waals surface area contributed by atoms with Gasteiger partial charge >= 0.3 is 5.97 Å². The Hall–Kier alpha value is -1.48. The first kappa shape index (κ1) is 15.6. The molecule has 0 aromatic rings. The molecule has 9 heteroatoms. The van der Waals surface area contributed by atoms with Crippen molar-refractivity contribution in [3.05, 3.63) is 0 Å². The van der Waals surface area contributed by atoms with E-state index in [-0.39, 0.29) is 12.8 Å². The average Bonchev–Trinajstić information content (AvgIpc) is 2.35. The molecule has 1 saturated heterocycles. The van der Waals surface area contributed by atoms with Gasteiger partial charge in [0.15, 0.2) is 0 Å². The number of imide groups is 1. The van der Waals surface area contributed by atoms with Crippen LogP contribution in [0.25, 0.3) is 0 Å². The normalized spacial score (nSPS) is 21.1. The summed E-state index contributed by atoms with van der Waals surface area (Å²) in [5.41, 5.74) is 0. The predicted molar refractivity (Wildman–Crippen MR) is 64.4 cm³/mol. The monoisotopic (exact) mass is 292 g/mol. The number of esters is 1. The molecule has 1 fully saturated rings. The minimum Gasteiger partial charge on any atom is -0.469 e. The second-order valence-corrected chi connectivity index (χ2v) is 6.06. The van der Waals surface area contributed by atoms with E-state index < -0.39 is 46.1 Å². The number of hydrogen-bond donors (Lipinski definition) is 1. The van der Waals surface area contributed by atoms with Crippen LogP contribution >= 0.6 is 0 Å². The van der Waals surface area contributed by atoms with E-state index in [0.717, 1.165) is 11.4 Å². The lowest BCUT2D eigenvalue weighted by Gasteiger charge is -2.32. The minimum absolute atomic E-state index is 0.247. The van der Waals surface area contributed by atoms with Crippen molar-refractivity contribution in [2.45, 2.75) is 25.8 Å². The van der Waals surface area contributed by atoms with Crippen LogP contribution in [0.5, 0.6) is 0 Å². The van der Waals surface area contributed by atoms with Gasteiger partial charge in [-0.1, -0.05) is 6.92 Å². The number of hydrogen-bond acceptors (Lipinski definition) is 6. The van der Waals surface area contributed by atoms with Crippen LogP contribution in [-0.2, 0) is 29.1 Å². The molecule has 2 amide bonds. The molecule has 1 aliphatic rings. The van der Waals surface area contributed by atoms with Crippen LogP contribution in [0.3, 0.4) is 0 Å². The maximum Gasteiger partial charge on any atom is 0.306 e. The lowest BCUT2D eigenvalue weighted by molar-refractivity contribution is -0.140. The van der Waals surface area contributed by atoms with Crippen molar-refractivity contribution in [2.75, 3.05) is 19.4 Å². The molecule has 1 N–H and O–H groups in total. The van der Waals surface area contributed by atoms with Crippen molar-refractivity contribution < 1.29 is 27.5 Å². The molecule has 0 aliphatic carbocycles. The number of carbonyl (C=O) groups excluding carboxylic acids is 3. The van der Waals surface area contributed by atoms with Crippen molar-refractivity contribution in [3.8, 4) is 0 Å². The summed E-state index contributed by atoms with van der Waals surface area (Å²) in [5.74, 6) is -2.46. The Morgan fingerprint density at radius 1 is 1.47 bits per heavy atom. The highest BCUT2D eigenvalue weighted by molar-refractivity contribution is 7.89. The second-order valence-electron chi connectivity index (χ2n) is 4.02. The third-order valence-electron chi connectivity index (χ3n) is 2.75. The van der Waals surface area contributed by atoms with Crippen molar-refractivity contribution in [2.24, 2.45) is 0 Å². The molecule has 0 saturated carbocycles. The highest BCUT2D eigenvalue weighted by Crippen LogP contribution is 2.15. The molecule has 0 aromatic heterocycles. The molecule has 19 heavy (non-hydrogen) atoms. The van der Waals surface area contributed by atoms with Gasteiger partial charge < -0.3 is 4.74 Å². The van der Waals surface area contributed by atoms with Gasteiger partial charge in [0, 0.05) is 0 Å². The fourth-order valence-electron chi connectivity index (χ4n) is 1.76. The van der Waals surface area contributed by atoms with Crippen LogP contribution in [0.15, 0.2) is 0 Å². The number of nitrogens with one attached hydrogen (secondary N) is 1. The summed E-state index contributed by atoms with van der Waals surface area (Å²) in [6, 6.07) is -0.916.